The van der Waals surface area contributed by atoms with Crippen molar-refractivity contribution in [3.63, 3.8) is 0 Å². The van der Waals surface area contributed by atoms with Crippen molar-refractivity contribution in [2.75, 3.05) is 13.1 Å². The van der Waals surface area contributed by atoms with Gasteiger partial charge in [-0.25, -0.2) is 4.39 Å². The molecule has 0 N–H and O–H groups in total. The van der Waals surface area contributed by atoms with E-state index in [9.17, 15) is 4.39 Å². The smallest absolute Gasteiger partial charge is 0.123 e. The molecule has 3 aromatic rings. The monoisotopic (exact) mass is 442 g/mol. The van der Waals surface area contributed by atoms with Gasteiger partial charge < -0.3 is 0 Å². The number of piperidine rings is 1. The van der Waals surface area contributed by atoms with Gasteiger partial charge >= 0.3 is 0 Å². The third-order valence-electron chi connectivity index (χ3n) is 7.97. The van der Waals surface area contributed by atoms with Crippen LogP contribution in [0.2, 0.25) is 0 Å². The molecular weight excluding hydrogens is 407 g/mol. The average molecular weight is 443 g/mol. The summed E-state index contributed by atoms with van der Waals surface area (Å²) in [5, 5.41) is 0. The molecule has 2 heterocycles. The van der Waals surface area contributed by atoms with E-state index in [4.69, 9.17) is 4.98 Å². The van der Waals surface area contributed by atoms with E-state index in [2.05, 4.69) is 49.1 Å². The first-order chi connectivity index (χ1) is 16.0. The normalized spacial score (nSPS) is 18.3. The summed E-state index contributed by atoms with van der Waals surface area (Å²) >= 11 is 0. The Hall–Kier alpha value is -2.52. The second-order valence-corrected chi connectivity index (χ2v) is 10.5. The van der Waals surface area contributed by atoms with Gasteiger partial charge in [0.15, 0.2) is 0 Å². The highest BCUT2D eigenvalue weighted by atomic mass is 19.1. The molecule has 2 fully saturated rings. The van der Waals surface area contributed by atoms with Gasteiger partial charge in [-0.15, -0.1) is 0 Å². The minimum absolute atomic E-state index is 0.212. The lowest BCUT2D eigenvalue weighted by Crippen LogP contribution is -2.38. The third-order valence-corrected chi connectivity index (χ3v) is 7.97. The van der Waals surface area contributed by atoms with Crippen LogP contribution >= 0.6 is 0 Å². The van der Waals surface area contributed by atoms with Crippen molar-refractivity contribution in [2.24, 2.45) is 5.41 Å². The van der Waals surface area contributed by atoms with Gasteiger partial charge in [-0.2, -0.15) is 0 Å². The Balaban J connectivity index is 1.42. The van der Waals surface area contributed by atoms with Crippen LogP contribution < -0.4 is 0 Å². The van der Waals surface area contributed by atoms with Crippen LogP contribution in [0, 0.1) is 11.2 Å². The summed E-state index contributed by atoms with van der Waals surface area (Å²) in [6.07, 6.45) is 10.4. The van der Waals surface area contributed by atoms with E-state index >= 15 is 0 Å². The zero-order valence-electron chi connectivity index (χ0n) is 20.0. The Morgan fingerprint density at radius 1 is 0.848 bits per heavy atom. The second kappa shape index (κ2) is 9.38. The lowest BCUT2D eigenvalue weighted by atomic mass is 9.77. The van der Waals surface area contributed by atoms with Gasteiger partial charge in [-0.3, -0.25) is 9.88 Å². The average Bonchev–Trinajstić information content (AvgIpc) is 3.29. The predicted molar refractivity (Wildman–Crippen MR) is 135 cm³/mol. The van der Waals surface area contributed by atoms with Crippen LogP contribution in [-0.4, -0.2) is 23.0 Å². The lowest BCUT2D eigenvalue weighted by Gasteiger charge is -2.39. The first-order valence-corrected chi connectivity index (χ1v) is 12.6. The summed E-state index contributed by atoms with van der Waals surface area (Å²) in [6.45, 7) is 7.70. The van der Waals surface area contributed by atoms with Gasteiger partial charge in [0.1, 0.15) is 5.82 Å². The number of benzene rings is 2. The summed E-state index contributed by atoms with van der Waals surface area (Å²) < 4.78 is 13.6. The van der Waals surface area contributed by atoms with Crippen LogP contribution in [0.3, 0.4) is 0 Å². The molecule has 0 amide bonds. The number of likely N-dealkylation sites (tertiary alicyclic amines) is 1. The highest BCUT2D eigenvalue weighted by Crippen LogP contribution is 2.46. The second-order valence-electron chi connectivity index (χ2n) is 10.5. The van der Waals surface area contributed by atoms with Crippen LogP contribution in [0.4, 0.5) is 4.39 Å². The van der Waals surface area contributed by atoms with Crippen molar-refractivity contribution < 1.29 is 4.39 Å². The maximum absolute atomic E-state index is 13.6. The van der Waals surface area contributed by atoms with Crippen LogP contribution in [0.1, 0.15) is 69.5 Å². The number of hydrogen-bond acceptors (Lipinski definition) is 2. The van der Waals surface area contributed by atoms with Gasteiger partial charge in [0.25, 0.3) is 0 Å². The summed E-state index contributed by atoms with van der Waals surface area (Å²) in [5.74, 6) is 0.294. The molecular formula is C30H35FN2. The van der Waals surface area contributed by atoms with Gasteiger partial charge in [-0.1, -0.05) is 63.1 Å². The molecule has 1 saturated heterocycles. The first-order valence-electron chi connectivity index (χ1n) is 12.6. The van der Waals surface area contributed by atoms with Crippen molar-refractivity contribution in [1.29, 1.82) is 0 Å². The third kappa shape index (κ3) is 4.89. The van der Waals surface area contributed by atoms with Crippen LogP contribution in [-0.2, 0) is 6.54 Å². The molecule has 5 rings (SSSR count). The maximum atomic E-state index is 13.6. The fourth-order valence-electron chi connectivity index (χ4n) is 5.77. The van der Waals surface area contributed by atoms with E-state index in [1.54, 1.807) is 0 Å². The Morgan fingerprint density at radius 2 is 1.45 bits per heavy atom. The summed E-state index contributed by atoms with van der Waals surface area (Å²) in [7, 11) is 0. The fourth-order valence-corrected chi connectivity index (χ4v) is 5.77. The molecule has 172 valence electrons. The molecule has 0 unspecified atom stereocenters. The Bertz CT molecular complexity index is 1070. The van der Waals surface area contributed by atoms with E-state index in [0.717, 1.165) is 23.4 Å². The van der Waals surface area contributed by atoms with Crippen LogP contribution in [0.25, 0.3) is 22.3 Å². The minimum atomic E-state index is -0.212. The molecule has 1 aliphatic heterocycles. The van der Waals surface area contributed by atoms with Gasteiger partial charge in [0, 0.05) is 18.3 Å². The molecule has 0 bridgehead atoms. The van der Waals surface area contributed by atoms with E-state index in [1.165, 1.54) is 80.4 Å². The quantitative estimate of drug-likeness (QED) is 0.400. The number of pyridine rings is 1. The van der Waals surface area contributed by atoms with Crippen molar-refractivity contribution in [1.82, 2.24) is 9.88 Å². The van der Waals surface area contributed by atoms with Crippen LogP contribution in [0.5, 0.6) is 0 Å². The molecule has 0 atom stereocenters. The lowest BCUT2D eigenvalue weighted by molar-refractivity contribution is 0.103. The summed E-state index contributed by atoms with van der Waals surface area (Å²) in [4.78, 5) is 7.44. The predicted octanol–water partition coefficient (Wildman–Crippen LogP) is 7.83. The molecule has 2 aliphatic rings. The van der Waals surface area contributed by atoms with E-state index in [1.807, 2.05) is 18.3 Å². The van der Waals surface area contributed by atoms with Gasteiger partial charge in [0.2, 0.25) is 0 Å². The minimum Gasteiger partial charge on any atom is -0.297 e. The first kappa shape index (κ1) is 22.3. The molecule has 33 heavy (non-hydrogen) atoms. The number of nitrogens with zero attached hydrogens (tertiary/aromatic N) is 2. The number of hydrogen-bond donors (Lipinski definition) is 0. The molecule has 1 aliphatic carbocycles. The van der Waals surface area contributed by atoms with Crippen molar-refractivity contribution in [3.05, 3.63) is 77.9 Å². The fraction of sp³-hybridized carbons (Fsp3) is 0.433. The summed E-state index contributed by atoms with van der Waals surface area (Å²) in [5.41, 5.74) is 7.51. The number of rotatable bonds is 5. The molecule has 2 aromatic carbocycles. The zero-order valence-corrected chi connectivity index (χ0v) is 20.0. The summed E-state index contributed by atoms with van der Waals surface area (Å²) in [6, 6.07) is 17.9. The van der Waals surface area contributed by atoms with E-state index in [-0.39, 0.29) is 5.82 Å². The molecule has 1 aromatic heterocycles. The van der Waals surface area contributed by atoms with Gasteiger partial charge in [0.05, 0.1) is 5.69 Å². The molecule has 3 heteroatoms. The SMILES string of the molecule is CC(C)c1ccc(-c2cc(CN3CCC4(CCCC4)CC3)ncc2-c2ccc(F)cc2)cc1. The topological polar surface area (TPSA) is 16.1 Å². The number of halogens is 1. The zero-order chi connectivity index (χ0) is 22.8. The standard InChI is InChI=1S/C30H35FN2/c1-22(2)23-5-7-24(8-6-23)28-19-27(32-20-29(28)25-9-11-26(31)12-10-25)21-33-17-15-30(16-18-33)13-3-4-14-30/h5-12,19-20,22H,3-4,13-18,21H2,1-2H3. The largest absolute Gasteiger partial charge is 0.297 e. The van der Waals surface area contributed by atoms with Crippen molar-refractivity contribution in [3.8, 4) is 22.3 Å². The maximum Gasteiger partial charge on any atom is 0.123 e. The Morgan fingerprint density at radius 3 is 2.09 bits per heavy atom. The highest BCUT2D eigenvalue weighted by molar-refractivity contribution is 5.83. The number of aromatic nitrogens is 1. The van der Waals surface area contributed by atoms with E-state index in [0.29, 0.717) is 11.3 Å². The Labute approximate surface area is 197 Å². The highest BCUT2D eigenvalue weighted by Gasteiger charge is 2.36. The van der Waals surface area contributed by atoms with Gasteiger partial charge in [-0.05, 0) is 90.6 Å². The van der Waals surface area contributed by atoms with Crippen molar-refractivity contribution >= 4 is 0 Å². The van der Waals surface area contributed by atoms with Crippen molar-refractivity contribution in [2.45, 2.75) is 64.8 Å². The molecule has 0 radical (unpaired) electrons. The molecule has 1 spiro atoms. The molecule has 1 saturated carbocycles. The van der Waals surface area contributed by atoms with Crippen LogP contribution in [0.15, 0.2) is 60.8 Å². The molecule has 2 nitrogen and oxygen atoms in total. The van der Waals surface area contributed by atoms with E-state index < -0.39 is 0 Å². The Kier molecular flexibility index (Phi) is 6.34.